The Labute approximate surface area is 236 Å². The van der Waals surface area contributed by atoms with Crippen molar-refractivity contribution < 1.29 is 22.8 Å². The van der Waals surface area contributed by atoms with Gasteiger partial charge in [0, 0.05) is 24.8 Å². The van der Waals surface area contributed by atoms with Crippen molar-refractivity contribution in [2.75, 3.05) is 43.5 Å². The number of carbonyl (C=O) groups excluding carboxylic acids is 2. The van der Waals surface area contributed by atoms with Gasteiger partial charge < -0.3 is 14.7 Å². The maximum absolute atomic E-state index is 13.7. The quantitative estimate of drug-likeness (QED) is 0.492. The van der Waals surface area contributed by atoms with Gasteiger partial charge in [0.15, 0.2) is 10.8 Å². The first-order valence-electron chi connectivity index (χ1n) is 13.2. The Morgan fingerprint density at radius 1 is 1.20 bits per heavy atom. The molecule has 0 unspecified atom stereocenters. The van der Waals surface area contributed by atoms with Crippen LogP contribution in [-0.4, -0.2) is 71.0 Å². The van der Waals surface area contributed by atoms with Crippen LogP contribution in [0, 0.1) is 17.2 Å². The van der Waals surface area contributed by atoms with Crippen LogP contribution in [0.1, 0.15) is 53.7 Å². The first kappa shape index (κ1) is 28.0. The number of rotatable bonds is 5. The van der Waals surface area contributed by atoms with E-state index in [1.54, 1.807) is 41.1 Å². The standard InChI is InChI=1S/C28H29F3N6O2S/c1-34-12-8-18(9-13-34)17-35(2)24(38)19-4-6-20(7-5-19)37-26(40)36(25(39)27(37)10-3-11-27)21-14-22(28(29,30)31)23(15-32)33-16-21/h4-7,14,16,18H,3,8-13,17H2,1-2H3. The minimum atomic E-state index is -4.82. The minimum absolute atomic E-state index is 0.0304. The second kappa shape index (κ2) is 10.4. The topological polar surface area (TPSA) is 83.8 Å². The molecule has 3 aliphatic rings. The Hall–Kier alpha value is -3.56. The van der Waals surface area contributed by atoms with Crippen LogP contribution in [-0.2, 0) is 11.0 Å². The molecule has 5 rings (SSSR count). The zero-order valence-electron chi connectivity index (χ0n) is 22.2. The molecule has 2 saturated heterocycles. The van der Waals surface area contributed by atoms with Gasteiger partial charge >= 0.3 is 6.18 Å². The lowest BCUT2D eigenvalue weighted by Crippen LogP contribution is -2.55. The number of thiocarbonyl (C=S) groups is 1. The van der Waals surface area contributed by atoms with Crippen molar-refractivity contribution >= 4 is 40.5 Å². The third-order valence-corrected chi connectivity index (χ3v) is 8.59. The van der Waals surface area contributed by atoms with Crippen molar-refractivity contribution in [3.05, 3.63) is 53.3 Å². The van der Waals surface area contributed by atoms with Gasteiger partial charge in [-0.15, -0.1) is 0 Å². The summed E-state index contributed by atoms with van der Waals surface area (Å²) < 4.78 is 40.8. The second-order valence-electron chi connectivity index (χ2n) is 10.8. The average Bonchev–Trinajstić information content (AvgIpc) is 3.15. The molecule has 1 spiro atoms. The summed E-state index contributed by atoms with van der Waals surface area (Å²) in [5, 5.41) is 9.12. The van der Waals surface area contributed by atoms with E-state index in [-0.39, 0.29) is 16.7 Å². The lowest BCUT2D eigenvalue weighted by molar-refractivity contribution is -0.138. The highest BCUT2D eigenvalue weighted by Gasteiger charge is 2.59. The third-order valence-electron chi connectivity index (χ3n) is 8.22. The number of pyridine rings is 1. The molecule has 3 fully saturated rings. The Morgan fingerprint density at radius 2 is 1.85 bits per heavy atom. The Bertz CT molecular complexity index is 1380. The molecule has 1 aromatic carbocycles. The number of hydrogen-bond acceptors (Lipinski definition) is 6. The summed E-state index contributed by atoms with van der Waals surface area (Å²) in [5.74, 6) is -0.0771. The summed E-state index contributed by atoms with van der Waals surface area (Å²) in [7, 11) is 3.89. The van der Waals surface area contributed by atoms with E-state index in [9.17, 15) is 22.8 Å². The summed E-state index contributed by atoms with van der Waals surface area (Å²) in [6, 6.07) is 9.02. The van der Waals surface area contributed by atoms with E-state index in [1.165, 1.54) is 6.07 Å². The summed E-state index contributed by atoms with van der Waals surface area (Å²) in [5.41, 5.74) is -2.08. The molecular formula is C28H29F3N6O2S. The van der Waals surface area contributed by atoms with Gasteiger partial charge in [0.05, 0.1) is 17.4 Å². The van der Waals surface area contributed by atoms with Crippen LogP contribution in [0.5, 0.6) is 0 Å². The molecule has 8 nitrogen and oxygen atoms in total. The number of nitrogens with zero attached hydrogens (tertiary/aromatic N) is 6. The number of alkyl halides is 3. The molecule has 0 atom stereocenters. The predicted molar refractivity (Wildman–Crippen MR) is 147 cm³/mol. The fourth-order valence-corrected chi connectivity index (χ4v) is 6.25. The van der Waals surface area contributed by atoms with Crippen LogP contribution >= 0.6 is 12.2 Å². The third kappa shape index (κ3) is 4.81. The van der Waals surface area contributed by atoms with Crippen LogP contribution in [0.25, 0.3) is 0 Å². The smallest absolute Gasteiger partial charge is 0.341 e. The number of nitriles is 1. The first-order valence-corrected chi connectivity index (χ1v) is 13.6. The maximum Gasteiger partial charge on any atom is 0.419 e. The van der Waals surface area contributed by atoms with E-state index in [2.05, 4.69) is 16.9 Å². The summed E-state index contributed by atoms with van der Waals surface area (Å²) in [4.78, 5) is 37.2. The number of halogens is 3. The van der Waals surface area contributed by atoms with E-state index >= 15 is 0 Å². The Kier molecular flexibility index (Phi) is 7.31. The van der Waals surface area contributed by atoms with E-state index in [0.717, 1.165) is 49.5 Å². The lowest BCUT2D eigenvalue weighted by atomic mass is 9.75. The molecule has 0 radical (unpaired) electrons. The molecule has 40 heavy (non-hydrogen) atoms. The largest absolute Gasteiger partial charge is 0.419 e. The highest BCUT2D eigenvalue weighted by atomic mass is 32.1. The van der Waals surface area contributed by atoms with Gasteiger partial charge in [0.1, 0.15) is 11.6 Å². The molecule has 210 valence electrons. The van der Waals surface area contributed by atoms with Crippen molar-refractivity contribution in [1.29, 1.82) is 5.26 Å². The van der Waals surface area contributed by atoms with Crippen LogP contribution in [0.15, 0.2) is 36.5 Å². The summed E-state index contributed by atoms with van der Waals surface area (Å²) in [6.07, 6.45) is 0.0641. The number of amides is 2. The molecule has 2 amide bonds. The van der Waals surface area contributed by atoms with Gasteiger partial charge in [0.25, 0.3) is 11.8 Å². The number of benzene rings is 1. The van der Waals surface area contributed by atoms with Gasteiger partial charge in [-0.2, -0.15) is 18.4 Å². The van der Waals surface area contributed by atoms with E-state index < -0.39 is 28.9 Å². The molecule has 0 bridgehead atoms. The van der Waals surface area contributed by atoms with Crippen molar-refractivity contribution in [3.8, 4) is 6.07 Å². The molecule has 2 aliphatic heterocycles. The van der Waals surface area contributed by atoms with Crippen molar-refractivity contribution in [2.24, 2.45) is 5.92 Å². The normalized spacial score (nSPS) is 19.6. The highest BCUT2D eigenvalue weighted by Crippen LogP contribution is 2.48. The van der Waals surface area contributed by atoms with Crippen molar-refractivity contribution in [2.45, 2.75) is 43.8 Å². The number of piperidine rings is 1. The Morgan fingerprint density at radius 3 is 2.40 bits per heavy atom. The van der Waals surface area contributed by atoms with E-state index in [4.69, 9.17) is 17.5 Å². The number of hydrogen-bond donors (Lipinski definition) is 0. The number of anilines is 2. The Balaban J connectivity index is 1.39. The first-order chi connectivity index (χ1) is 19.0. The molecule has 0 N–H and O–H groups in total. The van der Waals surface area contributed by atoms with E-state index in [0.29, 0.717) is 36.6 Å². The van der Waals surface area contributed by atoms with Crippen LogP contribution < -0.4 is 9.80 Å². The number of likely N-dealkylation sites (tertiary alicyclic amines) is 1. The lowest BCUT2D eigenvalue weighted by Gasteiger charge is -2.43. The molecule has 1 aliphatic carbocycles. The molecule has 2 aromatic rings. The molecule has 1 aromatic heterocycles. The van der Waals surface area contributed by atoms with Gasteiger partial charge in [-0.25, -0.2) is 4.98 Å². The van der Waals surface area contributed by atoms with Crippen molar-refractivity contribution in [1.82, 2.24) is 14.8 Å². The molecule has 3 heterocycles. The fourth-order valence-electron chi connectivity index (χ4n) is 5.78. The predicted octanol–water partition coefficient (Wildman–Crippen LogP) is 4.45. The maximum atomic E-state index is 13.7. The van der Waals surface area contributed by atoms with E-state index in [1.807, 2.05) is 0 Å². The average molecular weight is 571 g/mol. The monoisotopic (exact) mass is 570 g/mol. The molecular weight excluding hydrogens is 541 g/mol. The van der Waals surface area contributed by atoms with Gasteiger partial charge in [-0.05, 0) is 101 Å². The second-order valence-corrected chi connectivity index (χ2v) is 11.2. The minimum Gasteiger partial charge on any atom is -0.341 e. The van der Waals surface area contributed by atoms with Crippen LogP contribution in [0.2, 0.25) is 0 Å². The molecule has 12 heteroatoms. The highest BCUT2D eigenvalue weighted by molar-refractivity contribution is 7.81. The summed E-state index contributed by atoms with van der Waals surface area (Å²) in [6.45, 7) is 2.71. The molecule has 1 saturated carbocycles. The zero-order valence-corrected chi connectivity index (χ0v) is 23.1. The van der Waals surface area contributed by atoms with Gasteiger partial charge in [-0.1, -0.05) is 0 Å². The van der Waals surface area contributed by atoms with Crippen LogP contribution in [0.3, 0.4) is 0 Å². The van der Waals surface area contributed by atoms with Gasteiger partial charge in [0.2, 0.25) is 0 Å². The van der Waals surface area contributed by atoms with Crippen molar-refractivity contribution in [3.63, 3.8) is 0 Å². The summed E-state index contributed by atoms with van der Waals surface area (Å²) >= 11 is 5.65. The van der Waals surface area contributed by atoms with Crippen LogP contribution in [0.4, 0.5) is 24.5 Å². The van der Waals surface area contributed by atoms with Gasteiger partial charge in [-0.3, -0.25) is 14.5 Å². The number of aromatic nitrogens is 1. The SMILES string of the molecule is CN1CCC(CN(C)C(=O)c2ccc(N3C(=S)N(c4cnc(C#N)c(C(F)(F)F)c4)C(=O)C34CCC4)cc2)CC1. The zero-order chi connectivity index (χ0) is 28.8. The number of carbonyl (C=O) groups is 2. The fraction of sp³-hybridized carbons (Fsp3) is 0.464.